The third kappa shape index (κ3) is 2.23. The fourth-order valence-electron chi connectivity index (χ4n) is 1.87. The van der Waals surface area contributed by atoms with Crippen molar-refractivity contribution in [1.82, 2.24) is 10.3 Å². The van der Waals surface area contributed by atoms with E-state index in [1.165, 1.54) is 6.42 Å². The Balaban J connectivity index is 2.00. The van der Waals surface area contributed by atoms with Gasteiger partial charge in [-0.1, -0.05) is 6.07 Å². The Hall–Kier alpha value is -1.09. The summed E-state index contributed by atoms with van der Waals surface area (Å²) >= 11 is 0. The molecule has 1 fully saturated rings. The summed E-state index contributed by atoms with van der Waals surface area (Å²) in [5, 5.41) is 3.36. The van der Waals surface area contributed by atoms with Crippen molar-refractivity contribution in [2.75, 3.05) is 20.2 Å². The van der Waals surface area contributed by atoms with Crippen LogP contribution < -0.4 is 10.1 Å². The van der Waals surface area contributed by atoms with Crippen LogP contribution >= 0.6 is 0 Å². The van der Waals surface area contributed by atoms with E-state index in [1.807, 2.05) is 12.1 Å². The molecule has 0 spiro atoms. The van der Waals surface area contributed by atoms with Gasteiger partial charge >= 0.3 is 0 Å². The van der Waals surface area contributed by atoms with Gasteiger partial charge in [0.1, 0.15) is 0 Å². The molecule has 2 heterocycles. The van der Waals surface area contributed by atoms with Crippen molar-refractivity contribution in [3.05, 3.63) is 23.9 Å². The topological polar surface area (TPSA) is 34.1 Å². The van der Waals surface area contributed by atoms with Crippen molar-refractivity contribution in [1.29, 1.82) is 0 Å². The summed E-state index contributed by atoms with van der Waals surface area (Å²) in [6.45, 7) is 2.27. The van der Waals surface area contributed by atoms with Crippen molar-refractivity contribution in [3.8, 4) is 5.88 Å². The maximum Gasteiger partial charge on any atom is 0.213 e. The normalized spacial score (nSPS) is 21.1. The highest BCUT2D eigenvalue weighted by atomic mass is 16.5. The molecule has 0 radical (unpaired) electrons. The summed E-state index contributed by atoms with van der Waals surface area (Å²) in [7, 11) is 1.66. The third-order valence-electron chi connectivity index (χ3n) is 2.65. The number of pyridine rings is 1. The van der Waals surface area contributed by atoms with Crippen LogP contribution in [0.4, 0.5) is 0 Å². The minimum Gasteiger partial charge on any atom is -0.481 e. The van der Waals surface area contributed by atoms with Crippen molar-refractivity contribution in [2.45, 2.75) is 12.8 Å². The minimum atomic E-state index is 0.716. The molecule has 0 aliphatic carbocycles. The first-order valence-corrected chi connectivity index (χ1v) is 5.09. The maximum atomic E-state index is 5.09. The molecule has 1 N–H and O–H groups in total. The molecule has 1 saturated heterocycles. The summed E-state index contributed by atoms with van der Waals surface area (Å²) in [5.41, 5.74) is 1.14. The number of hydrogen-bond donors (Lipinski definition) is 1. The van der Waals surface area contributed by atoms with Crippen LogP contribution in [0.25, 0.3) is 0 Å². The second kappa shape index (κ2) is 4.42. The number of hydrogen-bond acceptors (Lipinski definition) is 3. The van der Waals surface area contributed by atoms with E-state index >= 15 is 0 Å². The van der Waals surface area contributed by atoms with Gasteiger partial charge < -0.3 is 10.1 Å². The predicted octanol–water partition coefficient (Wildman–Crippen LogP) is 1.24. The van der Waals surface area contributed by atoms with Gasteiger partial charge in [-0.2, -0.15) is 0 Å². The average Bonchev–Trinajstić information content (AvgIpc) is 2.71. The van der Waals surface area contributed by atoms with Crippen molar-refractivity contribution >= 4 is 0 Å². The lowest BCUT2D eigenvalue weighted by atomic mass is 10.0. The third-order valence-corrected chi connectivity index (χ3v) is 2.65. The molecule has 76 valence electrons. The van der Waals surface area contributed by atoms with Gasteiger partial charge in [-0.15, -0.1) is 0 Å². The smallest absolute Gasteiger partial charge is 0.213 e. The molecule has 3 nitrogen and oxygen atoms in total. The zero-order chi connectivity index (χ0) is 9.80. The fraction of sp³-hybridized carbons (Fsp3) is 0.545. The largest absolute Gasteiger partial charge is 0.481 e. The Labute approximate surface area is 84.5 Å². The van der Waals surface area contributed by atoms with Gasteiger partial charge in [0, 0.05) is 11.8 Å². The lowest BCUT2D eigenvalue weighted by Gasteiger charge is -2.08. The summed E-state index contributed by atoms with van der Waals surface area (Å²) < 4.78 is 5.09. The molecule has 1 aliphatic heterocycles. The van der Waals surface area contributed by atoms with E-state index in [-0.39, 0.29) is 0 Å². The maximum absolute atomic E-state index is 5.09. The second-order valence-corrected chi connectivity index (χ2v) is 3.73. The lowest BCUT2D eigenvalue weighted by Crippen LogP contribution is -2.11. The van der Waals surface area contributed by atoms with Gasteiger partial charge in [-0.05, 0) is 37.9 Å². The molecule has 0 amide bonds. The highest BCUT2D eigenvalue weighted by Crippen LogP contribution is 2.15. The zero-order valence-corrected chi connectivity index (χ0v) is 8.49. The van der Waals surface area contributed by atoms with E-state index in [2.05, 4.69) is 16.4 Å². The Morgan fingerprint density at radius 2 is 2.50 bits per heavy atom. The molecular formula is C11H16N2O. The number of rotatable bonds is 3. The van der Waals surface area contributed by atoms with Gasteiger partial charge in [-0.3, -0.25) is 0 Å². The predicted molar refractivity (Wildman–Crippen MR) is 55.5 cm³/mol. The first-order valence-electron chi connectivity index (χ1n) is 5.09. The first kappa shape index (κ1) is 9.46. The summed E-state index contributed by atoms with van der Waals surface area (Å²) in [6.07, 6.45) is 2.32. The first-order chi connectivity index (χ1) is 6.88. The molecule has 14 heavy (non-hydrogen) atoms. The van der Waals surface area contributed by atoms with Crippen molar-refractivity contribution < 1.29 is 4.74 Å². The monoisotopic (exact) mass is 192 g/mol. The van der Waals surface area contributed by atoms with E-state index in [1.54, 1.807) is 7.11 Å². The molecule has 3 heteroatoms. The summed E-state index contributed by atoms with van der Waals surface area (Å²) in [6, 6.07) is 5.96. The quantitative estimate of drug-likeness (QED) is 0.782. The van der Waals surface area contributed by atoms with Crippen LogP contribution in [0.3, 0.4) is 0 Å². The molecule has 1 aromatic rings. The van der Waals surface area contributed by atoms with Crippen LogP contribution in [-0.4, -0.2) is 25.2 Å². The van der Waals surface area contributed by atoms with E-state index in [9.17, 15) is 0 Å². The Morgan fingerprint density at radius 1 is 1.57 bits per heavy atom. The van der Waals surface area contributed by atoms with Crippen LogP contribution in [0.5, 0.6) is 5.88 Å². The summed E-state index contributed by atoms with van der Waals surface area (Å²) in [5.74, 6) is 1.46. The molecule has 2 rings (SSSR count). The van der Waals surface area contributed by atoms with Gasteiger partial charge in [0.25, 0.3) is 0 Å². The Bertz CT molecular complexity index is 295. The molecule has 0 aromatic carbocycles. The SMILES string of the molecule is COc1cccc(C[C@H]2CCNC2)n1. The number of aromatic nitrogens is 1. The number of ether oxygens (including phenoxy) is 1. The molecule has 1 aromatic heterocycles. The van der Waals surface area contributed by atoms with E-state index in [4.69, 9.17) is 4.74 Å². The van der Waals surface area contributed by atoms with Crippen molar-refractivity contribution in [3.63, 3.8) is 0 Å². The highest BCUT2D eigenvalue weighted by molar-refractivity contribution is 5.16. The van der Waals surface area contributed by atoms with Crippen LogP contribution in [0, 0.1) is 5.92 Å². The van der Waals surface area contributed by atoms with Gasteiger partial charge in [0.2, 0.25) is 5.88 Å². The van der Waals surface area contributed by atoms with Crippen molar-refractivity contribution in [2.24, 2.45) is 5.92 Å². The Kier molecular flexibility index (Phi) is 2.99. The standard InChI is InChI=1S/C11H16N2O/c1-14-11-4-2-3-10(13-11)7-9-5-6-12-8-9/h2-4,9,12H,5-8H2,1H3/t9-/m1/s1. The van der Waals surface area contributed by atoms with Gasteiger partial charge in [0.15, 0.2) is 0 Å². The molecule has 0 saturated carbocycles. The van der Waals surface area contributed by atoms with Gasteiger partial charge in [0.05, 0.1) is 7.11 Å². The lowest BCUT2D eigenvalue weighted by molar-refractivity contribution is 0.395. The summed E-state index contributed by atoms with van der Waals surface area (Å²) in [4.78, 5) is 4.40. The van der Waals surface area contributed by atoms with Crippen LogP contribution in [0.2, 0.25) is 0 Å². The molecule has 0 unspecified atom stereocenters. The number of methoxy groups -OCH3 is 1. The number of nitrogens with one attached hydrogen (secondary N) is 1. The minimum absolute atomic E-state index is 0.716. The van der Waals surface area contributed by atoms with E-state index in [0.29, 0.717) is 5.88 Å². The molecule has 0 bridgehead atoms. The van der Waals surface area contributed by atoms with Crippen LogP contribution in [0.15, 0.2) is 18.2 Å². The highest BCUT2D eigenvalue weighted by Gasteiger charge is 2.15. The molecule has 1 aliphatic rings. The zero-order valence-electron chi connectivity index (χ0n) is 8.49. The Morgan fingerprint density at radius 3 is 3.21 bits per heavy atom. The van der Waals surface area contributed by atoms with Gasteiger partial charge in [-0.25, -0.2) is 4.98 Å². The second-order valence-electron chi connectivity index (χ2n) is 3.73. The molecular weight excluding hydrogens is 176 g/mol. The average molecular weight is 192 g/mol. The van der Waals surface area contributed by atoms with E-state index in [0.717, 1.165) is 31.1 Å². The van der Waals surface area contributed by atoms with Crippen LogP contribution in [0.1, 0.15) is 12.1 Å². The van der Waals surface area contributed by atoms with E-state index < -0.39 is 0 Å². The number of nitrogens with zero attached hydrogens (tertiary/aromatic N) is 1. The van der Waals surface area contributed by atoms with Crippen LogP contribution in [-0.2, 0) is 6.42 Å². The fourth-order valence-corrected chi connectivity index (χ4v) is 1.87. The molecule has 1 atom stereocenters.